The van der Waals surface area contributed by atoms with E-state index in [4.69, 9.17) is 4.74 Å². The third-order valence-corrected chi connectivity index (χ3v) is 3.31. The van der Waals surface area contributed by atoms with Crippen molar-refractivity contribution < 1.29 is 4.74 Å². The molecule has 1 rings (SSSR count). The third-order valence-electron chi connectivity index (χ3n) is 2.03. The summed E-state index contributed by atoms with van der Waals surface area (Å²) in [5.41, 5.74) is 1.03. The van der Waals surface area contributed by atoms with Crippen molar-refractivity contribution in [2.24, 2.45) is 0 Å². The molecule has 80 valence electrons. The quantitative estimate of drug-likeness (QED) is 0.760. The minimum atomic E-state index is -0.0581. The molecule has 4 heteroatoms. The van der Waals surface area contributed by atoms with Crippen LogP contribution >= 0.6 is 11.3 Å². The maximum absolute atomic E-state index is 5.00. The molecule has 0 atom stereocenters. The van der Waals surface area contributed by atoms with E-state index in [1.807, 2.05) is 6.92 Å². The van der Waals surface area contributed by atoms with Gasteiger partial charge in [-0.05, 0) is 20.8 Å². The number of hydrogen-bond donors (Lipinski definition) is 1. The van der Waals surface area contributed by atoms with Gasteiger partial charge in [-0.15, -0.1) is 11.3 Å². The van der Waals surface area contributed by atoms with Crippen molar-refractivity contribution in [1.82, 2.24) is 10.3 Å². The van der Waals surface area contributed by atoms with E-state index in [9.17, 15) is 0 Å². The van der Waals surface area contributed by atoms with Crippen molar-refractivity contribution in [3.63, 3.8) is 0 Å². The van der Waals surface area contributed by atoms with Gasteiger partial charge in [-0.1, -0.05) is 0 Å². The third kappa shape index (κ3) is 3.04. The first-order chi connectivity index (χ1) is 6.56. The highest BCUT2D eigenvalue weighted by atomic mass is 32.1. The zero-order valence-electron chi connectivity index (χ0n) is 9.26. The molecule has 0 aromatic carbocycles. The van der Waals surface area contributed by atoms with Crippen LogP contribution in [0.2, 0.25) is 0 Å². The first kappa shape index (κ1) is 11.6. The molecule has 1 aromatic heterocycles. The molecule has 0 bridgehead atoms. The van der Waals surface area contributed by atoms with Crippen LogP contribution in [0.3, 0.4) is 0 Å². The van der Waals surface area contributed by atoms with Crippen molar-refractivity contribution >= 4 is 11.3 Å². The standard InChI is InChI=1S/C10H18N2OS/c1-8-7-14-9(12-8)10(2,3)11-5-6-13-4/h7,11H,5-6H2,1-4H3. The molecule has 0 aliphatic carbocycles. The maximum Gasteiger partial charge on any atom is 0.112 e. The summed E-state index contributed by atoms with van der Waals surface area (Å²) in [5.74, 6) is 0. The lowest BCUT2D eigenvalue weighted by Crippen LogP contribution is -2.38. The molecule has 0 saturated heterocycles. The molecule has 0 fully saturated rings. The van der Waals surface area contributed by atoms with Gasteiger partial charge < -0.3 is 10.1 Å². The van der Waals surface area contributed by atoms with Crippen LogP contribution in [-0.4, -0.2) is 25.2 Å². The lowest BCUT2D eigenvalue weighted by molar-refractivity contribution is 0.188. The van der Waals surface area contributed by atoms with Crippen molar-refractivity contribution in [3.05, 3.63) is 16.1 Å². The van der Waals surface area contributed by atoms with Crippen molar-refractivity contribution in [2.75, 3.05) is 20.3 Å². The van der Waals surface area contributed by atoms with Gasteiger partial charge >= 0.3 is 0 Å². The van der Waals surface area contributed by atoms with E-state index in [-0.39, 0.29) is 5.54 Å². The Morgan fingerprint density at radius 3 is 2.79 bits per heavy atom. The average molecular weight is 214 g/mol. The van der Waals surface area contributed by atoms with Gasteiger partial charge in [0.1, 0.15) is 5.01 Å². The molecule has 1 aromatic rings. The molecule has 0 saturated carbocycles. The minimum absolute atomic E-state index is 0.0581. The number of aryl methyl sites for hydroxylation is 1. The Morgan fingerprint density at radius 2 is 2.29 bits per heavy atom. The first-order valence-corrected chi connectivity index (χ1v) is 5.61. The molecule has 3 nitrogen and oxygen atoms in total. The lowest BCUT2D eigenvalue weighted by Gasteiger charge is -2.23. The summed E-state index contributed by atoms with van der Waals surface area (Å²) in [4.78, 5) is 4.48. The lowest BCUT2D eigenvalue weighted by atomic mass is 10.1. The predicted octanol–water partition coefficient (Wildman–Crippen LogP) is 1.92. The number of nitrogens with zero attached hydrogens (tertiary/aromatic N) is 1. The second-order valence-corrected chi connectivity index (χ2v) is 4.70. The molecule has 0 unspecified atom stereocenters. The second-order valence-electron chi connectivity index (χ2n) is 3.84. The molecule has 0 amide bonds. The van der Waals surface area contributed by atoms with Gasteiger partial charge in [0.05, 0.1) is 12.1 Å². The number of nitrogens with one attached hydrogen (secondary N) is 1. The smallest absolute Gasteiger partial charge is 0.112 e. The van der Waals surface area contributed by atoms with Gasteiger partial charge in [-0.2, -0.15) is 0 Å². The summed E-state index contributed by atoms with van der Waals surface area (Å²) in [7, 11) is 1.71. The number of rotatable bonds is 5. The predicted molar refractivity (Wildman–Crippen MR) is 59.8 cm³/mol. The van der Waals surface area contributed by atoms with E-state index in [1.165, 1.54) is 0 Å². The minimum Gasteiger partial charge on any atom is -0.383 e. The fourth-order valence-corrected chi connectivity index (χ4v) is 2.08. The second kappa shape index (κ2) is 4.87. The van der Waals surface area contributed by atoms with Crippen LogP contribution in [0.1, 0.15) is 24.5 Å². The van der Waals surface area contributed by atoms with E-state index in [2.05, 4.69) is 29.5 Å². The van der Waals surface area contributed by atoms with Gasteiger partial charge in [0.2, 0.25) is 0 Å². The van der Waals surface area contributed by atoms with Crippen LogP contribution in [0.5, 0.6) is 0 Å². The van der Waals surface area contributed by atoms with Crippen LogP contribution in [0, 0.1) is 6.92 Å². The van der Waals surface area contributed by atoms with E-state index >= 15 is 0 Å². The van der Waals surface area contributed by atoms with Gasteiger partial charge in [0.25, 0.3) is 0 Å². The highest BCUT2D eigenvalue weighted by Gasteiger charge is 2.22. The number of aromatic nitrogens is 1. The summed E-state index contributed by atoms with van der Waals surface area (Å²) >= 11 is 1.70. The Balaban J connectivity index is 2.56. The molecular weight excluding hydrogens is 196 g/mol. The normalized spacial score (nSPS) is 12.0. The summed E-state index contributed by atoms with van der Waals surface area (Å²) in [6.45, 7) is 7.88. The molecule has 1 N–H and O–H groups in total. The van der Waals surface area contributed by atoms with Crippen LogP contribution in [-0.2, 0) is 10.3 Å². The molecule has 0 aliphatic heterocycles. The zero-order valence-corrected chi connectivity index (χ0v) is 10.1. The summed E-state index contributed by atoms with van der Waals surface area (Å²) in [6, 6.07) is 0. The maximum atomic E-state index is 5.00. The first-order valence-electron chi connectivity index (χ1n) is 4.73. The van der Waals surface area contributed by atoms with E-state index < -0.39 is 0 Å². The van der Waals surface area contributed by atoms with Crippen molar-refractivity contribution in [2.45, 2.75) is 26.3 Å². The highest BCUT2D eigenvalue weighted by Crippen LogP contribution is 2.23. The molecule has 0 aliphatic rings. The SMILES string of the molecule is COCCNC(C)(C)c1nc(C)cs1. The molecule has 14 heavy (non-hydrogen) atoms. The van der Waals surface area contributed by atoms with E-state index in [1.54, 1.807) is 18.4 Å². The van der Waals surface area contributed by atoms with Crippen molar-refractivity contribution in [1.29, 1.82) is 0 Å². The topological polar surface area (TPSA) is 34.1 Å². The molecule has 1 heterocycles. The Kier molecular flexibility index (Phi) is 4.04. The van der Waals surface area contributed by atoms with Crippen LogP contribution in [0.25, 0.3) is 0 Å². The van der Waals surface area contributed by atoms with Gasteiger partial charge in [-0.25, -0.2) is 4.98 Å². The van der Waals surface area contributed by atoms with Gasteiger partial charge in [0, 0.05) is 24.7 Å². The Bertz CT molecular complexity index is 283. The molecular formula is C10H18N2OS. The fourth-order valence-electron chi connectivity index (χ4n) is 1.18. The van der Waals surface area contributed by atoms with Gasteiger partial charge in [-0.3, -0.25) is 0 Å². The van der Waals surface area contributed by atoms with E-state index in [0.717, 1.165) is 23.9 Å². The Hall–Kier alpha value is -0.450. The summed E-state index contributed by atoms with van der Waals surface area (Å²) < 4.78 is 5.00. The summed E-state index contributed by atoms with van der Waals surface area (Å²) in [5, 5.41) is 6.62. The van der Waals surface area contributed by atoms with Crippen LogP contribution in [0.15, 0.2) is 5.38 Å². The molecule has 0 spiro atoms. The number of ether oxygens (including phenoxy) is 1. The Morgan fingerprint density at radius 1 is 1.57 bits per heavy atom. The fraction of sp³-hybridized carbons (Fsp3) is 0.700. The van der Waals surface area contributed by atoms with Gasteiger partial charge in [0.15, 0.2) is 0 Å². The largest absolute Gasteiger partial charge is 0.383 e. The van der Waals surface area contributed by atoms with E-state index in [0.29, 0.717) is 0 Å². The van der Waals surface area contributed by atoms with Crippen molar-refractivity contribution in [3.8, 4) is 0 Å². The monoisotopic (exact) mass is 214 g/mol. The number of thiazole rings is 1. The van der Waals surface area contributed by atoms with Crippen LogP contribution < -0.4 is 5.32 Å². The van der Waals surface area contributed by atoms with Crippen LogP contribution in [0.4, 0.5) is 0 Å². The summed E-state index contributed by atoms with van der Waals surface area (Å²) in [6.07, 6.45) is 0. The Labute approximate surface area is 89.5 Å². The number of hydrogen-bond acceptors (Lipinski definition) is 4. The highest BCUT2D eigenvalue weighted by molar-refractivity contribution is 7.09. The number of methoxy groups -OCH3 is 1. The zero-order chi connectivity index (χ0) is 10.6. The molecule has 0 radical (unpaired) electrons. The average Bonchev–Trinajstić information content (AvgIpc) is 2.53.